The van der Waals surface area contributed by atoms with Gasteiger partial charge in [-0.1, -0.05) is 0 Å². The molecular formula is C14H20N2O. The summed E-state index contributed by atoms with van der Waals surface area (Å²) in [7, 11) is 1.69. The normalized spacial score (nSPS) is 13.3. The first-order chi connectivity index (χ1) is 8.04. The Kier molecular flexibility index (Phi) is 3.11. The van der Waals surface area contributed by atoms with Crippen molar-refractivity contribution in [2.45, 2.75) is 32.9 Å². The second-order valence-corrected chi connectivity index (χ2v) is 4.75. The SMILES string of the molecule is COc1ccc2c(c1)cc(C(C)N)n2C(C)C. The van der Waals surface area contributed by atoms with Crippen LogP contribution in [0, 0.1) is 0 Å². The van der Waals surface area contributed by atoms with E-state index < -0.39 is 0 Å². The Bertz CT molecular complexity index is 526. The van der Waals surface area contributed by atoms with Gasteiger partial charge in [0, 0.05) is 28.7 Å². The molecule has 1 heterocycles. The standard InChI is InChI=1S/C14H20N2O/c1-9(2)16-13-6-5-12(17-4)7-11(13)8-14(16)10(3)15/h5-10H,15H2,1-4H3. The summed E-state index contributed by atoms with van der Waals surface area (Å²) in [5, 5.41) is 1.19. The predicted octanol–water partition coefficient (Wildman–Crippen LogP) is 3.25. The molecule has 1 aromatic heterocycles. The number of nitrogens with zero attached hydrogens (tertiary/aromatic N) is 1. The second kappa shape index (κ2) is 4.41. The van der Waals surface area contributed by atoms with E-state index >= 15 is 0 Å². The number of ether oxygens (including phenoxy) is 1. The number of hydrogen-bond donors (Lipinski definition) is 1. The van der Waals surface area contributed by atoms with E-state index in [1.165, 1.54) is 16.6 Å². The van der Waals surface area contributed by atoms with E-state index in [1.807, 2.05) is 13.0 Å². The Morgan fingerprint density at radius 1 is 1.18 bits per heavy atom. The maximum Gasteiger partial charge on any atom is 0.119 e. The van der Waals surface area contributed by atoms with Crippen LogP contribution in [0.4, 0.5) is 0 Å². The van der Waals surface area contributed by atoms with Crippen LogP contribution in [0.25, 0.3) is 10.9 Å². The molecular weight excluding hydrogens is 212 g/mol. The number of nitrogens with two attached hydrogens (primary N) is 1. The fourth-order valence-corrected chi connectivity index (χ4v) is 2.29. The van der Waals surface area contributed by atoms with E-state index in [4.69, 9.17) is 10.5 Å². The molecule has 2 aromatic rings. The lowest BCUT2D eigenvalue weighted by Crippen LogP contribution is -2.13. The smallest absolute Gasteiger partial charge is 0.119 e. The third-order valence-electron chi connectivity index (χ3n) is 3.06. The van der Waals surface area contributed by atoms with Gasteiger partial charge in [-0.15, -0.1) is 0 Å². The number of methoxy groups -OCH3 is 1. The van der Waals surface area contributed by atoms with Gasteiger partial charge in [-0.25, -0.2) is 0 Å². The van der Waals surface area contributed by atoms with E-state index in [9.17, 15) is 0 Å². The largest absolute Gasteiger partial charge is 0.497 e. The minimum atomic E-state index is 0.0378. The first-order valence-electron chi connectivity index (χ1n) is 5.99. The van der Waals surface area contributed by atoms with Crippen LogP contribution in [0.3, 0.4) is 0 Å². The molecule has 1 atom stereocenters. The van der Waals surface area contributed by atoms with Gasteiger partial charge in [0.25, 0.3) is 0 Å². The highest BCUT2D eigenvalue weighted by atomic mass is 16.5. The molecule has 0 aliphatic heterocycles. The van der Waals surface area contributed by atoms with Gasteiger partial charge in [-0.05, 0) is 45.0 Å². The zero-order valence-corrected chi connectivity index (χ0v) is 10.9. The van der Waals surface area contributed by atoms with Crippen molar-refractivity contribution >= 4 is 10.9 Å². The van der Waals surface area contributed by atoms with Gasteiger partial charge in [0.05, 0.1) is 7.11 Å². The molecule has 0 aliphatic rings. The fourth-order valence-electron chi connectivity index (χ4n) is 2.29. The number of fused-ring (bicyclic) bond motifs is 1. The van der Waals surface area contributed by atoms with Crippen molar-refractivity contribution in [1.29, 1.82) is 0 Å². The summed E-state index contributed by atoms with van der Waals surface area (Å²) >= 11 is 0. The lowest BCUT2D eigenvalue weighted by atomic mass is 10.2. The van der Waals surface area contributed by atoms with Crippen LogP contribution in [0.5, 0.6) is 5.75 Å². The average Bonchev–Trinajstić information content (AvgIpc) is 2.66. The van der Waals surface area contributed by atoms with Crippen molar-refractivity contribution in [3.63, 3.8) is 0 Å². The molecule has 92 valence electrons. The zero-order valence-electron chi connectivity index (χ0n) is 10.9. The van der Waals surface area contributed by atoms with E-state index in [1.54, 1.807) is 7.11 Å². The molecule has 2 N–H and O–H groups in total. The fraction of sp³-hybridized carbons (Fsp3) is 0.429. The van der Waals surface area contributed by atoms with Crippen molar-refractivity contribution in [3.8, 4) is 5.75 Å². The summed E-state index contributed by atoms with van der Waals surface area (Å²) in [6, 6.07) is 8.74. The first kappa shape index (κ1) is 12.0. The Morgan fingerprint density at radius 2 is 1.88 bits per heavy atom. The van der Waals surface area contributed by atoms with Crippen LogP contribution < -0.4 is 10.5 Å². The van der Waals surface area contributed by atoms with Gasteiger partial charge in [0.2, 0.25) is 0 Å². The van der Waals surface area contributed by atoms with Crippen molar-refractivity contribution in [3.05, 3.63) is 30.0 Å². The summed E-state index contributed by atoms with van der Waals surface area (Å²) in [6.07, 6.45) is 0. The van der Waals surface area contributed by atoms with Crippen molar-refractivity contribution in [1.82, 2.24) is 4.57 Å². The van der Waals surface area contributed by atoms with Crippen molar-refractivity contribution < 1.29 is 4.74 Å². The van der Waals surface area contributed by atoms with Crippen LogP contribution in [0.2, 0.25) is 0 Å². The zero-order chi connectivity index (χ0) is 12.6. The molecule has 0 amide bonds. The molecule has 0 bridgehead atoms. The highest BCUT2D eigenvalue weighted by Gasteiger charge is 2.14. The molecule has 0 saturated carbocycles. The van der Waals surface area contributed by atoms with Crippen LogP contribution in [-0.2, 0) is 0 Å². The number of benzene rings is 1. The van der Waals surface area contributed by atoms with E-state index in [0.29, 0.717) is 6.04 Å². The van der Waals surface area contributed by atoms with Crippen LogP contribution in [0.15, 0.2) is 24.3 Å². The monoisotopic (exact) mass is 232 g/mol. The quantitative estimate of drug-likeness (QED) is 0.882. The molecule has 17 heavy (non-hydrogen) atoms. The minimum absolute atomic E-state index is 0.0378. The predicted molar refractivity (Wildman–Crippen MR) is 71.5 cm³/mol. The molecule has 0 spiro atoms. The Balaban J connectivity index is 2.70. The number of aromatic nitrogens is 1. The van der Waals surface area contributed by atoms with Gasteiger partial charge >= 0.3 is 0 Å². The summed E-state index contributed by atoms with van der Waals surface area (Å²) in [5.41, 5.74) is 8.42. The lowest BCUT2D eigenvalue weighted by molar-refractivity contribution is 0.415. The Hall–Kier alpha value is -1.48. The molecule has 0 saturated heterocycles. The summed E-state index contributed by atoms with van der Waals surface area (Å²) < 4.78 is 7.54. The maximum absolute atomic E-state index is 6.03. The first-order valence-corrected chi connectivity index (χ1v) is 5.99. The Labute approximate surface area is 102 Å². The summed E-state index contributed by atoms with van der Waals surface area (Å²) in [4.78, 5) is 0. The van der Waals surface area contributed by atoms with Gasteiger partial charge in [0.1, 0.15) is 5.75 Å². The van der Waals surface area contributed by atoms with Crippen molar-refractivity contribution in [2.75, 3.05) is 7.11 Å². The molecule has 2 rings (SSSR count). The molecule has 0 aliphatic carbocycles. The van der Waals surface area contributed by atoms with Crippen molar-refractivity contribution in [2.24, 2.45) is 5.73 Å². The third-order valence-corrected chi connectivity index (χ3v) is 3.06. The topological polar surface area (TPSA) is 40.2 Å². The van der Waals surface area contributed by atoms with E-state index in [0.717, 1.165) is 5.75 Å². The van der Waals surface area contributed by atoms with Crippen LogP contribution >= 0.6 is 0 Å². The second-order valence-electron chi connectivity index (χ2n) is 4.75. The minimum Gasteiger partial charge on any atom is -0.497 e. The van der Waals surface area contributed by atoms with Gasteiger partial charge < -0.3 is 15.0 Å². The van der Waals surface area contributed by atoms with Gasteiger partial charge in [-0.3, -0.25) is 0 Å². The summed E-state index contributed by atoms with van der Waals surface area (Å²) in [6.45, 7) is 6.37. The molecule has 3 heteroatoms. The Morgan fingerprint density at radius 3 is 2.41 bits per heavy atom. The summed E-state index contributed by atoms with van der Waals surface area (Å²) in [5.74, 6) is 0.884. The molecule has 3 nitrogen and oxygen atoms in total. The highest BCUT2D eigenvalue weighted by molar-refractivity contribution is 5.83. The highest BCUT2D eigenvalue weighted by Crippen LogP contribution is 2.29. The van der Waals surface area contributed by atoms with E-state index in [-0.39, 0.29) is 6.04 Å². The molecule has 0 radical (unpaired) electrons. The molecule has 1 aromatic carbocycles. The van der Waals surface area contributed by atoms with Gasteiger partial charge in [-0.2, -0.15) is 0 Å². The average molecular weight is 232 g/mol. The number of rotatable bonds is 3. The van der Waals surface area contributed by atoms with E-state index in [2.05, 4.69) is 36.6 Å². The van der Waals surface area contributed by atoms with Gasteiger partial charge in [0.15, 0.2) is 0 Å². The lowest BCUT2D eigenvalue weighted by Gasteiger charge is -2.16. The molecule has 0 fully saturated rings. The van der Waals surface area contributed by atoms with Crippen LogP contribution in [-0.4, -0.2) is 11.7 Å². The maximum atomic E-state index is 6.03. The van der Waals surface area contributed by atoms with Crippen LogP contribution in [0.1, 0.15) is 38.5 Å². The third kappa shape index (κ3) is 2.03. The number of hydrogen-bond acceptors (Lipinski definition) is 2. The molecule has 1 unspecified atom stereocenters.